The number of aliphatic imine (C=N–C) groups is 1. The van der Waals surface area contributed by atoms with Gasteiger partial charge in [0, 0.05) is 16.9 Å². The SMILES string of the molecule is NC1=N[C@@H](CCc2ccc(NC(=O)C3(c4ccc(Cl)cc4)CC3)cc2)CO1.O=C(O)c1ccc(C(F)(F)F)cn1. The second-order valence-electron chi connectivity index (χ2n) is 9.45. The Labute approximate surface area is 233 Å². The van der Waals surface area contributed by atoms with Gasteiger partial charge in [0.05, 0.1) is 17.0 Å². The lowest BCUT2D eigenvalue weighted by Gasteiger charge is -2.16. The number of halogens is 4. The molecule has 2 heterocycles. The highest BCUT2D eigenvalue weighted by molar-refractivity contribution is 6.30. The zero-order valence-corrected chi connectivity index (χ0v) is 21.9. The first kappa shape index (κ1) is 28.9. The van der Waals surface area contributed by atoms with Crippen LogP contribution in [-0.4, -0.2) is 40.6 Å². The molecule has 2 aliphatic rings. The minimum Gasteiger partial charge on any atom is -0.477 e. The highest BCUT2D eigenvalue weighted by atomic mass is 35.5. The van der Waals surface area contributed by atoms with Gasteiger partial charge in [-0.05, 0) is 73.2 Å². The second-order valence-corrected chi connectivity index (χ2v) is 9.88. The van der Waals surface area contributed by atoms with Gasteiger partial charge in [-0.15, -0.1) is 0 Å². The molecule has 12 heteroatoms. The van der Waals surface area contributed by atoms with Gasteiger partial charge in [0.1, 0.15) is 12.3 Å². The molecule has 0 spiro atoms. The average Bonchev–Trinajstić information content (AvgIpc) is 3.64. The molecule has 3 aromatic rings. The van der Waals surface area contributed by atoms with Crippen molar-refractivity contribution in [2.24, 2.45) is 10.7 Å². The number of carboxylic acids is 1. The van der Waals surface area contributed by atoms with E-state index in [-0.39, 0.29) is 18.0 Å². The van der Waals surface area contributed by atoms with Crippen LogP contribution in [0.3, 0.4) is 0 Å². The highest BCUT2D eigenvalue weighted by Crippen LogP contribution is 2.49. The first-order valence-corrected chi connectivity index (χ1v) is 12.7. The molecule has 1 aliphatic carbocycles. The van der Waals surface area contributed by atoms with E-state index in [9.17, 15) is 22.8 Å². The number of benzene rings is 2. The summed E-state index contributed by atoms with van der Waals surface area (Å²) in [5, 5.41) is 12.1. The zero-order valence-electron chi connectivity index (χ0n) is 21.1. The molecule has 0 radical (unpaired) electrons. The number of carboxylic acid groups (broad SMARTS) is 1. The molecule has 2 aromatic carbocycles. The number of alkyl halides is 3. The normalized spacial score (nSPS) is 17.1. The Morgan fingerprint density at radius 3 is 2.25 bits per heavy atom. The van der Waals surface area contributed by atoms with Gasteiger partial charge in [-0.25, -0.2) is 14.8 Å². The number of nitrogens with two attached hydrogens (primary N) is 1. The Morgan fingerprint density at radius 2 is 1.75 bits per heavy atom. The number of hydrogen-bond acceptors (Lipinski definition) is 6. The lowest BCUT2D eigenvalue weighted by atomic mass is 9.95. The van der Waals surface area contributed by atoms with E-state index in [1.165, 1.54) is 5.56 Å². The van der Waals surface area contributed by atoms with Crippen LogP contribution in [0.5, 0.6) is 0 Å². The number of amides is 1. The van der Waals surface area contributed by atoms with E-state index < -0.39 is 28.8 Å². The van der Waals surface area contributed by atoms with Crippen LogP contribution in [0.2, 0.25) is 5.02 Å². The second kappa shape index (κ2) is 12.0. The van der Waals surface area contributed by atoms with E-state index in [1.807, 2.05) is 48.5 Å². The van der Waals surface area contributed by atoms with Gasteiger partial charge in [-0.1, -0.05) is 35.9 Å². The molecule has 4 N–H and O–H groups in total. The summed E-state index contributed by atoms with van der Waals surface area (Å²) < 4.78 is 41.0. The number of ether oxygens (including phenoxy) is 1. The predicted molar refractivity (Wildman–Crippen MR) is 143 cm³/mol. The molecule has 1 amide bonds. The Morgan fingerprint density at radius 1 is 1.07 bits per heavy atom. The summed E-state index contributed by atoms with van der Waals surface area (Å²) in [6.45, 7) is 0.562. The summed E-state index contributed by atoms with van der Waals surface area (Å²) in [6.07, 6.45) is -0.468. The number of anilines is 1. The first-order valence-electron chi connectivity index (χ1n) is 12.4. The largest absolute Gasteiger partial charge is 0.477 e. The predicted octanol–water partition coefficient (Wildman–Crippen LogP) is 5.46. The fraction of sp³-hybridized carbons (Fsp3) is 0.286. The standard InChI is InChI=1S/C21H22ClN3O2.C7H4F3NO2/c22-16-6-4-15(5-7-16)21(11-12-21)19(26)24-17-8-1-14(2-9-17)3-10-18-13-27-20(23)25-18;8-7(9,10)4-1-2-5(6(12)13)11-3-4/h1-2,4-9,18H,3,10-13H2,(H2,23,25)(H,24,26);1-3H,(H,12,13)/t18-;/m0./s1. The fourth-order valence-corrected chi connectivity index (χ4v) is 4.28. The summed E-state index contributed by atoms with van der Waals surface area (Å²) in [5.74, 6) is -1.31. The summed E-state index contributed by atoms with van der Waals surface area (Å²) in [6, 6.07) is 17.5. The van der Waals surface area contributed by atoms with Crippen LogP contribution in [-0.2, 0) is 27.5 Å². The van der Waals surface area contributed by atoms with E-state index in [0.29, 0.717) is 23.9 Å². The number of nitrogens with zero attached hydrogens (tertiary/aromatic N) is 2. The third-order valence-corrected chi connectivity index (χ3v) is 6.85. The van der Waals surface area contributed by atoms with E-state index in [0.717, 1.165) is 43.0 Å². The van der Waals surface area contributed by atoms with Gasteiger partial charge in [0.15, 0.2) is 0 Å². The molecule has 0 unspecified atom stereocenters. The van der Waals surface area contributed by atoms with E-state index >= 15 is 0 Å². The topological polar surface area (TPSA) is 127 Å². The number of aryl methyl sites for hydroxylation is 1. The van der Waals surface area contributed by atoms with Crippen LogP contribution in [0.4, 0.5) is 18.9 Å². The number of hydrogen-bond donors (Lipinski definition) is 3. The number of amidine groups is 1. The molecular weight excluding hydrogens is 549 g/mol. The van der Waals surface area contributed by atoms with E-state index in [4.69, 9.17) is 27.2 Å². The molecule has 1 aliphatic heterocycles. The Balaban J connectivity index is 0.000000240. The lowest BCUT2D eigenvalue weighted by Crippen LogP contribution is -2.27. The number of carbonyl (C=O) groups excluding carboxylic acids is 1. The highest BCUT2D eigenvalue weighted by Gasteiger charge is 2.51. The molecule has 40 heavy (non-hydrogen) atoms. The molecule has 1 atom stereocenters. The van der Waals surface area contributed by atoms with Gasteiger partial charge < -0.3 is 20.9 Å². The van der Waals surface area contributed by atoms with Crippen molar-refractivity contribution >= 4 is 35.2 Å². The monoisotopic (exact) mass is 574 g/mol. The zero-order chi connectivity index (χ0) is 28.9. The maximum Gasteiger partial charge on any atom is 0.417 e. The van der Waals surface area contributed by atoms with Crippen molar-refractivity contribution in [3.05, 3.63) is 94.3 Å². The van der Waals surface area contributed by atoms with E-state index in [2.05, 4.69) is 15.3 Å². The number of carbonyl (C=O) groups is 2. The molecule has 1 fully saturated rings. The van der Waals surface area contributed by atoms with Crippen molar-refractivity contribution in [2.75, 3.05) is 11.9 Å². The van der Waals surface area contributed by atoms with Crippen LogP contribution < -0.4 is 11.1 Å². The minimum atomic E-state index is -4.48. The molecule has 5 rings (SSSR count). The summed E-state index contributed by atoms with van der Waals surface area (Å²) in [7, 11) is 0. The van der Waals surface area contributed by atoms with Crippen molar-refractivity contribution in [1.82, 2.24) is 4.98 Å². The maximum atomic E-state index is 12.8. The van der Waals surface area contributed by atoms with Crippen LogP contribution in [0.15, 0.2) is 71.9 Å². The van der Waals surface area contributed by atoms with Gasteiger partial charge in [-0.2, -0.15) is 13.2 Å². The van der Waals surface area contributed by atoms with Gasteiger partial charge in [0.25, 0.3) is 6.02 Å². The Kier molecular flexibility index (Phi) is 8.63. The number of nitrogens with one attached hydrogen (secondary N) is 1. The summed E-state index contributed by atoms with van der Waals surface area (Å²) in [4.78, 5) is 30.4. The van der Waals surface area contributed by atoms with Gasteiger partial charge in [0.2, 0.25) is 5.91 Å². The Bertz CT molecular complexity index is 1370. The van der Waals surface area contributed by atoms with Crippen molar-refractivity contribution in [1.29, 1.82) is 0 Å². The smallest absolute Gasteiger partial charge is 0.417 e. The number of pyridine rings is 1. The number of rotatable bonds is 7. The van der Waals surface area contributed by atoms with Crippen LogP contribution in [0, 0.1) is 0 Å². The average molecular weight is 575 g/mol. The third-order valence-electron chi connectivity index (χ3n) is 6.60. The van der Waals surface area contributed by atoms with Gasteiger partial charge >= 0.3 is 12.1 Å². The van der Waals surface area contributed by atoms with Crippen molar-refractivity contribution in [3.8, 4) is 0 Å². The molecule has 0 saturated heterocycles. The maximum absolute atomic E-state index is 12.8. The lowest BCUT2D eigenvalue weighted by molar-refractivity contribution is -0.137. The fourth-order valence-electron chi connectivity index (χ4n) is 4.15. The quantitative estimate of drug-likeness (QED) is 0.344. The van der Waals surface area contributed by atoms with E-state index in [1.54, 1.807) is 0 Å². The minimum absolute atomic E-state index is 0.0467. The first-order chi connectivity index (χ1) is 19.0. The number of aromatic nitrogens is 1. The van der Waals surface area contributed by atoms with Crippen LogP contribution >= 0.6 is 11.6 Å². The van der Waals surface area contributed by atoms with Gasteiger partial charge in [-0.3, -0.25) is 4.79 Å². The summed E-state index contributed by atoms with van der Waals surface area (Å²) >= 11 is 5.96. The van der Waals surface area contributed by atoms with Crippen molar-refractivity contribution in [3.63, 3.8) is 0 Å². The molecule has 8 nitrogen and oxygen atoms in total. The Hall–Kier alpha value is -4.12. The molecule has 0 bridgehead atoms. The molecule has 1 aromatic heterocycles. The molecule has 1 saturated carbocycles. The van der Waals surface area contributed by atoms with Crippen LogP contribution in [0.1, 0.15) is 46.4 Å². The third kappa shape index (κ3) is 7.29. The summed E-state index contributed by atoms with van der Waals surface area (Å²) in [5.41, 5.74) is 6.79. The molecule has 210 valence electrons. The van der Waals surface area contributed by atoms with Crippen molar-refractivity contribution in [2.45, 2.75) is 43.3 Å². The van der Waals surface area contributed by atoms with Crippen molar-refractivity contribution < 1.29 is 32.6 Å². The number of aromatic carboxylic acids is 1. The molecular formula is C28H26ClF3N4O4. The van der Waals surface area contributed by atoms with Crippen LogP contribution in [0.25, 0.3) is 0 Å².